The molecule has 0 aliphatic rings. The van der Waals surface area contributed by atoms with Crippen molar-refractivity contribution in [3.05, 3.63) is 22.4 Å². The maximum Gasteiger partial charge on any atom is 0.326 e. The van der Waals surface area contributed by atoms with Crippen LogP contribution in [0.25, 0.3) is 0 Å². The monoisotopic (exact) mass is 298 g/mol. The molecular formula is C14H22N2O3S. The number of rotatable bonds is 5. The zero-order valence-corrected chi connectivity index (χ0v) is 13.1. The van der Waals surface area contributed by atoms with Gasteiger partial charge in [0.25, 0.3) is 0 Å². The van der Waals surface area contributed by atoms with E-state index in [0.717, 1.165) is 12.0 Å². The van der Waals surface area contributed by atoms with Gasteiger partial charge in [-0.1, -0.05) is 20.8 Å². The fraction of sp³-hybridized carbons (Fsp3) is 0.571. The van der Waals surface area contributed by atoms with E-state index in [1.807, 2.05) is 23.8 Å². The van der Waals surface area contributed by atoms with E-state index in [-0.39, 0.29) is 6.04 Å². The normalized spacial score (nSPS) is 14.4. The predicted molar refractivity (Wildman–Crippen MR) is 80.0 cm³/mol. The lowest BCUT2D eigenvalue weighted by Crippen LogP contribution is -2.53. The van der Waals surface area contributed by atoms with Crippen molar-refractivity contribution in [2.75, 3.05) is 0 Å². The van der Waals surface area contributed by atoms with Crippen molar-refractivity contribution < 1.29 is 14.7 Å². The average molecular weight is 298 g/mol. The summed E-state index contributed by atoms with van der Waals surface area (Å²) in [5, 5.41) is 18.5. The van der Waals surface area contributed by atoms with E-state index in [9.17, 15) is 9.59 Å². The topological polar surface area (TPSA) is 78.4 Å². The molecule has 6 heteroatoms. The molecule has 3 N–H and O–H groups in total. The summed E-state index contributed by atoms with van der Waals surface area (Å²) in [7, 11) is 0. The van der Waals surface area contributed by atoms with Crippen molar-refractivity contribution in [3.63, 3.8) is 0 Å². The number of carbonyl (C=O) groups excluding carboxylic acids is 1. The van der Waals surface area contributed by atoms with Gasteiger partial charge in [0.1, 0.15) is 6.04 Å². The number of aliphatic carboxylic acids is 1. The fourth-order valence-electron chi connectivity index (χ4n) is 1.86. The Morgan fingerprint density at radius 1 is 1.35 bits per heavy atom. The van der Waals surface area contributed by atoms with Crippen LogP contribution >= 0.6 is 11.3 Å². The first-order chi connectivity index (χ1) is 9.20. The first kappa shape index (κ1) is 16.5. The van der Waals surface area contributed by atoms with Gasteiger partial charge in [-0.15, -0.1) is 0 Å². The third kappa shape index (κ3) is 5.21. The minimum atomic E-state index is -1.03. The molecule has 20 heavy (non-hydrogen) atoms. The molecule has 5 nitrogen and oxygen atoms in total. The number of urea groups is 1. The second-order valence-corrected chi connectivity index (χ2v) is 6.77. The van der Waals surface area contributed by atoms with E-state index < -0.39 is 23.5 Å². The molecule has 0 saturated heterocycles. The largest absolute Gasteiger partial charge is 0.480 e. The van der Waals surface area contributed by atoms with Crippen molar-refractivity contribution in [1.29, 1.82) is 0 Å². The van der Waals surface area contributed by atoms with Crippen LogP contribution in [-0.4, -0.2) is 29.2 Å². The Morgan fingerprint density at radius 3 is 2.45 bits per heavy atom. The van der Waals surface area contributed by atoms with Crippen LogP contribution in [0, 0.1) is 5.41 Å². The van der Waals surface area contributed by atoms with E-state index in [0.29, 0.717) is 0 Å². The Kier molecular flexibility index (Phi) is 5.56. The predicted octanol–water partition coefficient (Wildman–Crippen LogP) is 2.48. The summed E-state index contributed by atoms with van der Waals surface area (Å²) in [4.78, 5) is 23.0. The lowest BCUT2D eigenvalue weighted by Gasteiger charge is -2.28. The highest BCUT2D eigenvalue weighted by molar-refractivity contribution is 7.07. The fourth-order valence-corrected chi connectivity index (χ4v) is 2.54. The van der Waals surface area contributed by atoms with Crippen LogP contribution in [0.3, 0.4) is 0 Å². The third-order valence-electron chi connectivity index (χ3n) is 2.89. The van der Waals surface area contributed by atoms with Crippen molar-refractivity contribution in [2.45, 2.75) is 46.2 Å². The van der Waals surface area contributed by atoms with E-state index in [2.05, 4.69) is 10.6 Å². The summed E-state index contributed by atoms with van der Waals surface area (Å²) in [6.45, 7) is 7.23. The number of thiophene rings is 1. The molecule has 0 fully saturated rings. The zero-order valence-electron chi connectivity index (χ0n) is 12.3. The molecule has 0 spiro atoms. The number of carboxylic acids is 1. The van der Waals surface area contributed by atoms with Gasteiger partial charge in [-0.2, -0.15) is 11.3 Å². The van der Waals surface area contributed by atoms with Crippen LogP contribution in [0.15, 0.2) is 16.8 Å². The Bertz CT molecular complexity index is 451. The second kappa shape index (κ2) is 6.74. The Labute approximate surface area is 123 Å². The number of nitrogens with one attached hydrogen (secondary N) is 2. The summed E-state index contributed by atoms with van der Waals surface area (Å²) in [5.41, 5.74) is 0.619. The highest BCUT2D eigenvalue weighted by Crippen LogP contribution is 2.19. The maximum absolute atomic E-state index is 11.9. The van der Waals surface area contributed by atoms with Crippen LogP contribution in [0.5, 0.6) is 0 Å². The highest BCUT2D eigenvalue weighted by atomic mass is 32.1. The smallest absolute Gasteiger partial charge is 0.326 e. The van der Waals surface area contributed by atoms with Crippen molar-refractivity contribution in [1.82, 2.24) is 10.6 Å². The zero-order chi connectivity index (χ0) is 15.3. The lowest BCUT2D eigenvalue weighted by molar-refractivity contribution is -0.141. The molecule has 0 radical (unpaired) electrons. The quantitative estimate of drug-likeness (QED) is 0.781. The van der Waals surface area contributed by atoms with E-state index in [1.165, 1.54) is 0 Å². The SMILES string of the molecule is CC(Cc1ccsc1)NC(=O)NC(C(=O)O)C(C)(C)C. The first-order valence-corrected chi connectivity index (χ1v) is 7.45. The van der Waals surface area contributed by atoms with Crippen LogP contribution in [0.4, 0.5) is 4.79 Å². The molecule has 1 heterocycles. The van der Waals surface area contributed by atoms with Crippen molar-refractivity contribution in [2.24, 2.45) is 5.41 Å². The van der Waals surface area contributed by atoms with Gasteiger partial charge in [0.15, 0.2) is 0 Å². The summed E-state index contributed by atoms with van der Waals surface area (Å²) in [6, 6.07) is 0.584. The summed E-state index contributed by atoms with van der Waals surface area (Å²) < 4.78 is 0. The first-order valence-electron chi connectivity index (χ1n) is 6.51. The third-order valence-corrected chi connectivity index (χ3v) is 3.62. The minimum absolute atomic E-state index is 0.0565. The molecule has 2 amide bonds. The van der Waals surface area contributed by atoms with Crippen LogP contribution in [0.2, 0.25) is 0 Å². The van der Waals surface area contributed by atoms with Crippen molar-refractivity contribution in [3.8, 4) is 0 Å². The molecule has 0 saturated carbocycles. The lowest BCUT2D eigenvalue weighted by atomic mass is 9.87. The van der Waals surface area contributed by atoms with Gasteiger partial charge in [-0.05, 0) is 41.1 Å². The number of amides is 2. The Balaban J connectivity index is 2.51. The van der Waals surface area contributed by atoms with Crippen LogP contribution in [0.1, 0.15) is 33.3 Å². The molecule has 1 aromatic heterocycles. The molecule has 112 valence electrons. The highest BCUT2D eigenvalue weighted by Gasteiger charge is 2.32. The Hall–Kier alpha value is -1.56. The van der Waals surface area contributed by atoms with Gasteiger partial charge >= 0.3 is 12.0 Å². The van der Waals surface area contributed by atoms with E-state index >= 15 is 0 Å². The summed E-state index contributed by atoms with van der Waals surface area (Å²) in [6.07, 6.45) is 0.726. The standard InChI is InChI=1S/C14H22N2O3S/c1-9(7-10-5-6-20-8-10)15-13(19)16-11(12(17)18)14(2,3)4/h5-6,8-9,11H,7H2,1-4H3,(H,17,18)(H2,15,16,19). The number of hydrogen-bond donors (Lipinski definition) is 3. The maximum atomic E-state index is 11.9. The molecule has 0 aromatic carbocycles. The molecule has 1 aromatic rings. The number of hydrogen-bond acceptors (Lipinski definition) is 3. The second-order valence-electron chi connectivity index (χ2n) is 5.99. The van der Waals surface area contributed by atoms with E-state index in [1.54, 1.807) is 32.1 Å². The van der Waals surface area contributed by atoms with Crippen molar-refractivity contribution >= 4 is 23.3 Å². The molecule has 2 unspecified atom stereocenters. The molecule has 0 aliphatic heterocycles. The van der Waals surface area contributed by atoms with Gasteiger partial charge < -0.3 is 15.7 Å². The minimum Gasteiger partial charge on any atom is -0.480 e. The molecule has 0 bridgehead atoms. The van der Waals surface area contributed by atoms with Gasteiger partial charge in [0, 0.05) is 6.04 Å². The van der Waals surface area contributed by atoms with Gasteiger partial charge in [0.2, 0.25) is 0 Å². The molecule has 1 rings (SSSR count). The summed E-state index contributed by atoms with van der Waals surface area (Å²) in [5.74, 6) is -1.03. The Morgan fingerprint density at radius 2 is 2.00 bits per heavy atom. The number of carboxylic acid groups (broad SMARTS) is 1. The molecule has 2 atom stereocenters. The van der Waals surface area contributed by atoms with Gasteiger partial charge in [-0.25, -0.2) is 9.59 Å². The van der Waals surface area contributed by atoms with Crippen LogP contribution in [-0.2, 0) is 11.2 Å². The van der Waals surface area contributed by atoms with E-state index in [4.69, 9.17) is 5.11 Å². The van der Waals surface area contributed by atoms with Crippen LogP contribution < -0.4 is 10.6 Å². The van der Waals surface area contributed by atoms with Gasteiger partial charge in [0.05, 0.1) is 0 Å². The average Bonchev–Trinajstić information content (AvgIpc) is 2.76. The molecular weight excluding hydrogens is 276 g/mol. The van der Waals surface area contributed by atoms with Gasteiger partial charge in [-0.3, -0.25) is 0 Å². The summed E-state index contributed by atoms with van der Waals surface area (Å²) >= 11 is 1.61. The number of carbonyl (C=O) groups is 2. The molecule has 0 aliphatic carbocycles.